The standard InChI is InChI=1S/C10H20BN3O5/c1-2-3-4-17-8-6(5-15)18-10(16)7(13-14-12)9(8)19-11/h6-10,15-16H,2-5,11H2,1H3/t6?,7?,8-,9?,10?/m1/s1. The van der Waals surface area contributed by atoms with E-state index in [0.29, 0.717) is 6.61 Å². The molecule has 0 bridgehead atoms. The molecule has 8 nitrogen and oxygen atoms in total. The molecule has 0 aliphatic carbocycles. The van der Waals surface area contributed by atoms with Crippen LogP contribution in [0, 0.1) is 0 Å². The molecular formula is C10H20BN3O5. The summed E-state index contributed by atoms with van der Waals surface area (Å²) in [6.07, 6.45) is -1.43. The van der Waals surface area contributed by atoms with Gasteiger partial charge in [-0.05, 0) is 12.0 Å². The Bertz CT molecular complexity index is 316. The molecular weight excluding hydrogens is 253 g/mol. The SMILES string of the molecule is BOC1C(N=[N+]=[N-])C(O)OC(CO)[C@H]1OCCCC. The summed E-state index contributed by atoms with van der Waals surface area (Å²) in [5, 5.41) is 22.5. The third-order valence-electron chi connectivity index (χ3n) is 3.08. The van der Waals surface area contributed by atoms with Gasteiger partial charge in [-0.15, -0.1) is 0 Å². The van der Waals surface area contributed by atoms with Gasteiger partial charge in [0.05, 0.1) is 12.7 Å². The molecule has 1 rings (SSSR count). The predicted molar refractivity (Wildman–Crippen MR) is 69.0 cm³/mol. The molecule has 2 N–H and O–H groups in total. The second-order valence-corrected chi connectivity index (χ2v) is 4.33. The van der Waals surface area contributed by atoms with Gasteiger partial charge in [0.25, 0.3) is 8.05 Å². The van der Waals surface area contributed by atoms with Crippen LogP contribution in [0.5, 0.6) is 0 Å². The Morgan fingerprint density at radius 2 is 2.21 bits per heavy atom. The monoisotopic (exact) mass is 273 g/mol. The fourth-order valence-corrected chi connectivity index (χ4v) is 2.07. The third-order valence-corrected chi connectivity index (χ3v) is 3.08. The predicted octanol–water partition coefficient (Wildman–Crippen LogP) is -0.507. The third kappa shape index (κ3) is 4.07. The molecule has 108 valence electrons. The molecule has 1 aliphatic rings. The topological polar surface area (TPSA) is 117 Å². The molecule has 9 heteroatoms. The van der Waals surface area contributed by atoms with Gasteiger partial charge in [-0.25, -0.2) is 0 Å². The molecule has 0 aromatic rings. The van der Waals surface area contributed by atoms with Crippen molar-refractivity contribution in [3.63, 3.8) is 0 Å². The fourth-order valence-electron chi connectivity index (χ4n) is 2.07. The van der Waals surface area contributed by atoms with Crippen LogP contribution in [0.25, 0.3) is 10.4 Å². The van der Waals surface area contributed by atoms with E-state index in [4.69, 9.17) is 19.7 Å². The van der Waals surface area contributed by atoms with Crippen molar-refractivity contribution in [1.29, 1.82) is 0 Å². The van der Waals surface area contributed by atoms with E-state index in [9.17, 15) is 10.2 Å². The molecule has 5 atom stereocenters. The van der Waals surface area contributed by atoms with E-state index in [1.807, 2.05) is 6.92 Å². The minimum atomic E-state index is -1.32. The summed E-state index contributed by atoms with van der Waals surface area (Å²) in [5.41, 5.74) is 8.52. The van der Waals surface area contributed by atoms with Gasteiger partial charge in [0.1, 0.15) is 18.2 Å². The Labute approximate surface area is 112 Å². The summed E-state index contributed by atoms with van der Waals surface area (Å²) in [7, 11) is 1.44. The van der Waals surface area contributed by atoms with Crippen LogP contribution in [0.3, 0.4) is 0 Å². The van der Waals surface area contributed by atoms with E-state index in [1.54, 1.807) is 0 Å². The number of rotatable bonds is 7. The number of hydrogen-bond acceptors (Lipinski definition) is 6. The number of hydrogen-bond donors (Lipinski definition) is 2. The molecule has 0 radical (unpaired) electrons. The van der Waals surface area contributed by atoms with E-state index in [1.165, 1.54) is 8.05 Å². The lowest BCUT2D eigenvalue weighted by atomic mass is 9.96. The van der Waals surface area contributed by atoms with Crippen molar-refractivity contribution in [1.82, 2.24) is 0 Å². The zero-order valence-electron chi connectivity index (χ0n) is 11.2. The van der Waals surface area contributed by atoms with E-state index in [-0.39, 0.29) is 6.61 Å². The van der Waals surface area contributed by atoms with Gasteiger partial charge in [-0.3, -0.25) is 0 Å². The minimum Gasteiger partial charge on any atom is -0.438 e. The zero-order chi connectivity index (χ0) is 14.3. The second-order valence-electron chi connectivity index (χ2n) is 4.33. The van der Waals surface area contributed by atoms with Gasteiger partial charge in [0, 0.05) is 11.5 Å². The van der Waals surface area contributed by atoms with Crippen LogP contribution in [0.1, 0.15) is 19.8 Å². The molecule has 0 aromatic carbocycles. The number of ether oxygens (including phenoxy) is 2. The number of aliphatic hydroxyl groups excluding tert-OH is 2. The lowest BCUT2D eigenvalue weighted by molar-refractivity contribution is -0.253. The number of nitrogens with zero attached hydrogens (tertiary/aromatic N) is 3. The van der Waals surface area contributed by atoms with Crippen molar-refractivity contribution in [3.05, 3.63) is 10.4 Å². The van der Waals surface area contributed by atoms with Crippen LogP contribution < -0.4 is 0 Å². The largest absolute Gasteiger partial charge is 0.438 e. The summed E-state index contributed by atoms with van der Waals surface area (Å²) in [4.78, 5) is 2.68. The van der Waals surface area contributed by atoms with Crippen LogP contribution in [-0.2, 0) is 14.1 Å². The van der Waals surface area contributed by atoms with Gasteiger partial charge >= 0.3 is 0 Å². The first-order valence-electron chi connectivity index (χ1n) is 6.32. The maximum atomic E-state index is 9.76. The zero-order valence-corrected chi connectivity index (χ0v) is 11.2. The molecule has 0 spiro atoms. The summed E-state index contributed by atoms with van der Waals surface area (Å²) in [5.74, 6) is 0. The Balaban J connectivity index is 2.82. The highest BCUT2D eigenvalue weighted by atomic mass is 16.6. The van der Waals surface area contributed by atoms with Crippen molar-refractivity contribution < 1.29 is 24.3 Å². The van der Waals surface area contributed by atoms with Gasteiger partial charge in [0.2, 0.25) is 0 Å². The molecule has 1 heterocycles. The molecule has 1 fully saturated rings. The number of aliphatic hydroxyl groups is 2. The fraction of sp³-hybridized carbons (Fsp3) is 1.00. The van der Waals surface area contributed by atoms with Crippen LogP contribution in [0.15, 0.2) is 5.11 Å². The highest BCUT2D eigenvalue weighted by Crippen LogP contribution is 2.26. The summed E-state index contributed by atoms with van der Waals surface area (Å²) in [6.45, 7) is 2.21. The molecule has 0 saturated carbocycles. The Morgan fingerprint density at radius 3 is 2.74 bits per heavy atom. The number of azide groups is 1. The van der Waals surface area contributed by atoms with Gasteiger partial charge < -0.3 is 24.3 Å². The highest BCUT2D eigenvalue weighted by Gasteiger charge is 2.45. The van der Waals surface area contributed by atoms with Crippen LogP contribution >= 0.6 is 0 Å². The van der Waals surface area contributed by atoms with Gasteiger partial charge in [-0.1, -0.05) is 18.5 Å². The van der Waals surface area contributed by atoms with Gasteiger partial charge in [-0.2, -0.15) is 0 Å². The Hall–Kier alpha value is -0.825. The van der Waals surface area contributed by atoms with Crippen LogP contribution in [0.2, 0.25) is 0 Å². The highest BCUT2D eigenvalue weighted by molar-refractivity contribution is 5.98. The van der Waals surface area contributed by atoms with Gasteiger partial charge in [0.15, 0.2) is 6.29 Å². The molecule has 1 aliphatic heterocycles. The smallest absolute Gasteiger partial charge is 0.257 e. The van der Waals surface area contributed by atoms with E-state index >= 15 is 0 Å². The van der Waals surface area contributed by atoms with E-state index in [2.05, 4.69) is 10.0 Å². The first kappa shape index (κ1) is 16.2. The van der Waals surface area contributed by atoms with Crippen LogP contribution in [0.4, 0.5) is 0 Å². The van der Waals surface area contributed by atoms with Crippen molar-refractivity contribution in [2.45, 2.75) is 50.4 Å². The van der Waals surface area contributed by atoms with Crippen molar-refractivity contribution in [2.24, 2.45) is 5.11 Å². The first-order chi connectivity index (χ1) is 9.19. The summed E-state index contributed by atoms with van der Waals surface area (Å²) >= 11 is 0. The number of unbranched alkanes of at least 4 members (excludes halogenated alkanes) is 1. The normalized spacial score (nSPS) is 34.8. The molecule has 0 aromatic heterocycles. The Kier molecular flexibility index (Phi) is 7.15. The summed E-state index contributed by atoms with van der Waals surface area (Å²) < 4.78 is 16.1. The average molecular weight is 273 g/mol. The molecule has 1 saturated heterocycles. The minimum absolute atomic E-state index is 0.309. The van der Waals surface area contributed by atoms with E-state index < -0.39 is 30.6 Å². The van der Waals surface area contributed by atoms with E-state index in [0.717, 1.165) is 12.8 Å². The first-order valence-corrected chi connectivity index (χ1v) is 6.32. The summed E-state index contributed by atoms with van der Waals surface area (Å²) in [6, 6.07) is -0.899. The van der Waals surface area contributed by atoms with Crippen molar-refractivity contribution >= 4 is 8.05 Å². The maximum Gasteiger partial charge on any atom is 0.257 e. The van der Waals surface area contributed by atoms with Crippen molar-refractivity contribution in [3.8, 4) is 0 Å². The van der Waals surface area contributed by atoms with Crippen LogP contribution in [-0.4, -0.2) is 62.1 Å². The van der Waals surface area contributed by atoms with Crippen molar-refractivity contribution in [2.75, 3.05) is 13.2 Å². The molecule has 0 amide bonds. The lowest BCUT2D eigenvalue weighted by Gasteiger charge is -2.42. The second kappa shape index (κ2) is 8.37. The Morgan fingerprint density at radius 1 is 1.47 bits per heavy atom. The lowest BCUT2D eigenvalue weighted by Crippen LogP contribution is -2.59. The molecule has 19 heavy (non-hydrogen) atoms. The average Bonchev–Trinajstić information content (AvgIpc) is 2.42. The molecule has 4 unspecified atom stereocenters. The quantitative estimate of drug-likeness (QED) is 0.213. The maximum absolute atomic E-state index is 9.76.